The Kier molecular flexibility index (Phi) is 2.86. The zero-order chi connectivity index (χ0) is 10.8. The Morgan fingerprint density at radius 3 is 2.80 bits per heavy atom. The summed E-state index contributed by atoms with van der Waals surface area (Å²) >= 11 is 1.72. The van der Waals surface area contributed by atoms with Crippen LogP contribution in [0.1, 0.15) is 22.2 Å². The Morgan fingerprint density at radius 1 is 1.53 bits per heavy atom. The topological polar surface area (TPSA) is 55.9 Å². The van der Waals surface area contributed by atoms with Gasteiger partial charge in [0.25, 0.3) is 0 Å². The average Bonchev–Trinajstić information content (AvgIpc) is 2.79. The SMILES string of the molecule is Cc1sccc1C(NN)c1ccn(C)n1. The standard InChI is InChI=1S/C10H14N4S/c1-7-8(4-6-15-7)10(12-11)9-3-5-14(2)13-9/h3-6,10,12H,11H2,1-2H3. The molecule has 4 nitrogen and oxygen atoms in total. The number of nitrogens with zero attached hydrogens (tertiary/aromatic N) is 2. The molecule has 2 aromatic heterocycles. The fourth-order valence-electron chi connectivity index (χ4n) is 1.62. The molecule has 0 bridgehead atoms. The molecule has 15 heavy (non-hydrogen) atoms. The summed E-state index contributed by atoms with van der Waals surface area (Å²) in [5.41, 5.74) is 4.95. The number of nitrogens with one attached hydrogen (secondary N) is 1. The average molecular weight is 222 g/mol. The third-order valence-corrected chi connectivity index (χ3v) is 3.27. The van der Waals surface area contributed by atoms with Gasteiger partial charge in [0.15, 0.2) is 0 Å². The maximum absolute atomic E-state index is 5.58. The molecule has 2 aromatic rings. The van der Waals surface area contributed by atoms with E-state index in [1.165, 1.54) is 10.4 Å². The first-order valence-corrected chi connectivity index (χ1v) is 5.60. The zero-order valence-corrected chi connectivity index (χ0v) is 9.58. The first kappa shape index (κ1) is 10.4. The Bertz CT molecular complexity index is 446. The van der Waals surface area contributed by atoms with Crippen molar-refractivity contribution < 1.29 is 0 Å². The van der Waals surface area contributed by atoms with Crippen LogP contribution in [0.15, 0.2) is 23.7 Å². The van der Waals surface area contributed by atoms with Crippen LogP contribution in [-0.2, 0) is 7.05 Å². The first-order valence-electron chi connectivity index (χ1n) is 4.72. The first-order chi connectivity index (χ1) is 7.22. The van der Waals surface area contributed by atoms with Crippen molar-refractivity contribution in [2.75, 3.05) is 0 Å². The van der Waals surface area contributed by atoms with E-state index in [1.807, 2.05) is 19.3 Å². The molecule has 0 amide bonds. The number of aryl methyl sites for hydroxylation is 2. The summed E-state index contributed by atoms with van der Waals surface area (Å²) in [5, 5.41) is 6.43. The lowest BCUT2D eigenvalue weighted by molar-refractivity contribution is 0.603. The molecule has 0 saturated carbocycles. The molecular weight excluding hydrogens is 208 g/mol. The van der Waals surface area contributed by atoms with Crippen LogP contribution in [0.2, 0.25) is 0 Å². The second-order valence-electron chi connectivity index (χ2n) is 3.45. The van der Waals surface area contributed by atoms with Gasteiger partial charge >= 0.3 is 0 Å². The number of hydrogen-bond donors (Lipinski definition) is 2. The zero-order valence-electron chi connectivity index (χ0n) is 8.77. The van der Waals surface area contributed by atoms with E-state index in [1.54, 1.807) is 16.0 Å². The van der Waals surface area contributed by atoms with Crippen LogP contribution in [0.4, 0.5) is 0 Å². The van der Waals surface area contributed by atoms with Crippen molar-refractivity contribution in [1.82, 2.24) is 15.2 Å². The Hall–Kier alpha value is -1.17. The van der Waals surface area contributed by atoms with Crippen molar-refractivity contribution in [3.63, 3.8) is 0 Å². The van der Waals surface area contributed by atoms with Gasteiger partial charge in [-0.05, 0) is 30.0 Å². The lowest BCUT2D eigenvalue weighted by atomic mass is 10.1. The molecule has 80 valence electrons. The predicted octanol–water partition coefficient (Wildman–Crippen LogP) is 1.34. The van der Waals surface area contributed by atoms with Crippen molar-refractivity contribution in [2.24, 2.45) is 12.9 Å². The van der Waals surface area contributed by atoms with Crippen molar-refractivity contribution in [1.29, 1.82) is 0 Å². The van der Waals surface area contributed by atoms with E-state index >= 15 is 0 Å². The number of hydrazine groups is 1. The fraction of sp³-hybridized carbons (Fsp3) is 0.300. The van der Waals surface area contributed by atoms with Crippen LogP contribution in [0.25, 0.3) is 0 Å². The smallest absolute Gasteiger partial charge is 0.0910 e. The highest BCUT2D eigenvalue weighted by Gasteiger charge is 2.17. The van der Waals surface area contributed by atoms with Gasteiger partial charge in [0.2, 0.25) is 0 Å². The van der Waals surface area contributed by atoms with Crippen molar-refractivity contribution >= 4 is 11.3 Å². The van der Waals surface area contributed by atoms with Gasteiger partial charge in [-0.2, -0.15) is 5.10 Å². The number of nitrogens with two attached hydrogens (primary N) is 1. The van der Waals surface area contributed by atoms with E-state index in [9.17, 15) is 0 Å². The molecule has 5 heteroatoms. The highest BCUT2D eigenvalue weighted by molar-refractivity contribution is 7.10. The van der Waals surface area contributed by atoms with E-state index < -0.39 is 0 Å². The maximum atomic E-state index is 5.58. The summed E-state index contributed by atoms with van der Waals surface area (Å²) in [6, 6.07) is 4.04. The second kappa shape index (κ2) is 4.14. The molecule has 1 atom stereocenters. The normalized spacial score (nSPS) is 13.0. The summed E-state index contributed by atoms with van der Waals surface area (Å²) < 4.78 is 1.78. The molecule has 2 heterocycles. The summed E-state index contributed by atoms with van der Waals surface area (Å²) in [7, 11) is 1.90. The molecule has 0 aromatic carbocycles. The van der Waals surface area contributed by atoms with Gasteiger partial charge in [-0.25, -0.2) is 5.43 Å². The molecule has 2 rings (SSSR count). The number of aromatic nitrogens is 2. The summed E-state index contributed by atoms with van der Waals surface area (Å²) in [5.74, 6) is 5.58. The van der Waals surface area contributed by atoms with Gasteiger partial charge in [-0.1, -0.05) is 0 Å². The van der Waals surface area contributed by atoms with Crippen LogP contribution in [-0.4, -0.2) is 9.78 Å². The molecule has 0 fully saturated rings. The van der Waals surface area contributed by atoms with E-state index in [-0.39, 0.29) is 6.04 Å². The quantitative estimate of drug-likeness (QED) is 0.608. The molecule has 0 aliphatic carbocycles. The Balaban J connectivity index is 2.36. The molecule has 0 aliphatic rings. The van der Waals surface area contributed by atoms with Gasteiger partial charge < -0.3 is 0 Å². The Morgan fingerprint density at radius 2 is 2.33 bits per heavy atom. The minimum Gasteiger partial charge on any atom is -0.275 e. The number of rotatable bonds is 3. The van der Waals surface area contributed by atoms with E-state index in [4.69, 9.17) is 5.84 Å². The lowest BCUT2D eigenvalue weighted by Gasteiger charge is -2.13. The van der Waals surface area contributed by atoms with Crippen molar-refractivity contribution in [2.45, 2.75) is 13.0 Å². The largest absolute Gasteiger partial charge is 0.275 e. The molecule has 1 unspecified atom stereocenters. The molecule has 0 spiro atoms. The van der Waals surface area contributed by atoms with Crippen molar-refractivity contribution in [3.05, 3.63) is 39.8 Å². The molecular formula is C10H14N4S. The number of thiophene rings is 1. The van der Waals surface area contributed by atoms with E-state index in [0.29, 0.717) is 0 Å². The van der Waals surface area contributed by atoms with Gasteiger partial charge in [0.05, 0.1) is 11.7 Å². The third kappa shape index (κ3) is 1.94. The van der Waals surface area contributed by atoms with E-state index in [2.05, 4.69) is 28.9 Å². The van der Waals surface area contributed by atoms with Crippen LogP contribution in [0.5, 0.6) is 0 Å². The molecule has 3 N–H and O–H groups in total. The highest BCUT2D eigenvalue weighted by Crippen LogP contribution is 2.26. The third-order valence-electron chi connectivity index (χ3n) is 2.41. The molecule has 0 saturated heterocycles. The summed E-state index contributed by atoms with van der Waals surface area (Å²) in [6.45, 7) is 2.09. The van der Waals surface area contributed by atoms with Gasteiger partial charge in [-0.15, -0.1) is 11.3 Å². The minimum absolute atomic E-state index is 0.0163. The van der Waals surface area contributed by atoms with Crippen LogP contribution >= 0.6 is 11.3 Å². The number of hydrogen-bond acceptors (Lipinski definition) is 4. The predicted molar refractivity (Wildman–Crippen MR) is 61.4 cm³/mol. The fourth-order valence-corrected chi connectivity index (χ4v) is 2.36. The van der Waals surface area contributed by atoms with E-state index in [0.717, 1.165) is 5.69 Å². The molecule has 0 aliphatic heterocycles. The second-order valence-corrected chi connectivity index (χ2v) is 4.57. The monoisotopic (exact) mass is 222 g/mol. The lowest BCUT2D eigenvalue weighted by Crippen LogP contribution is -2.29. The maximum Gasteiger partial charge on any atom is 0.0910 e. The summed E-state index contributed by atoms with van der Waals surface area (Å²) in [4.78, 5) is 1.27. The van der Waals surface area contributed by atoms with Crippen LogP contribution in [0, 0.1) is 6.92 Å². The molecule has 0 radical (unpaired) electrons. The highest BCUT2D eigenvalue weighted by atomic mass is 32.1. The van der Waals surface area contributed by atoms with Crippen molar-refractivity contribution in [3.8, 4) is 0 Å². The van der Waals surface area contributed by atoms with Crippen LogP contribution < -0.4 is 11.3 Å². The van der Waals surface area contributed by atoms with Gasteiger partial charge in [-0.3, -0.25) is 10.5 Å². The minimum atomic E-state index is -0.0163. The summed E-state index contributed by atoms with van der Waals surface area (Å²) in [6.07, 6.45) is 1.92. The van der Waals surface area contributed by atoms with Gasteiger partial charge in [0.1, 0.15) is 0 Å². The Labute approximate surface area is 92.7 Å². The van der Waals surface area contributed by atoms with Crippen LogP contribution in [0.3, 0.4) is 0 Å². The van der Waals surface area contributed by atoms with Gasteiger partial charge in [0, 0.05) is 18.1 Å².